The Labute approximate surface area is 137 Å². The molecule has 0 aliphatic carbocycles. The lowest BCUT2D eigenvalue weighted by Crippen LogP contribution is -2.55. The largest absolute Gasteiger partial charge is 0.369 e. The molecule has 1 aliphatic rings. The van der Waals surface area contributed by atoms with E-state index < -0.39 is 0 Å². The molecule has 2 atom stereocenters. The maximum absolute atomic E-state index is 6.37. The minimum Gasteiger partial charge on any atom is -0.369 e. The number of pyridine rings is 1. The molecular weight excluding hydrogens is 307 g/mol. The molecule has 2 heterocycles. The van der Waals surface area contributed by atoms with Crippen molar-refractivity contribution in [2.24, 2.45) is 0 Å². The number of piperazine rings is 1. The van der Waals surface area contributed by atoms with Crippen LogP contribution < -0.4 is 10.2 Å². The summed E-state index contributed by atoms with van der Waals surface area (Å²) in [6.07, 6.45) is 1.03. The number of nitrogens with one attached hydrogen (secondary N) is 1. The van der Waals surface area contributed by atoms with Gasteiger partial charge in [0.2, 0.25) is 0 Å². The first-order valence-electron chi connectivity index (χ1n) is 7.50. The number of anilines is 2. The number of halogens is 2. The zero-order valence-electron chi connectivity index (χ0n) is 13.2. The lowest BCUT2D eigenvalue weighted by atomic mass is 10.1. The van der Waals surface area contributed by atoms with Crippen LogP contribution in [0.1, 0.15) is 27.2 Å². The average Bonchev–Trinajstić information content (AvgIpc) is 2.43. The minimum atomic E-state index is 0.467. The third-order valence-electron chi connectivity index (χ3n) is 4.11. The zero-order valence-corrected chi connectivity index (χ0v) is 14.7. The number of nitrogens with zero attached hydrogens (tertiary/aromatic N) is 3. The number of hydrogen-bond donors (Lipinski definition) is 1. The quantitative estimate of drug-likeness (QED) is 0.911. The smallest absolute Gasteiger partial charge is 0.150 e. The monoisotopic (exact) mass is 330 g/mol. The number of likely N-dealkylation sites (N-methyl/N-ethyl adjacent to an activating group) is 1. The molecule has 0 aromatic carbocycles. The fourth-order valence-corrected chi connectivity index (χ4v) is 3.17. The Kier molecular flexibility index (Phi) is 5.58. The zero-order chi connectivity index (χ0) is 15.6. The molecule has 0 saturated carbocycles. The molecule has 1 aromatic heterocycles. The van der Waals surface area contributed by atoms with Crippen molar-refractivity contribution in [3.05, 3.63) is 16.1 Å². The van der Waals surface area contributed by atoms with Crippen LogP contribution in [0.15, 0.2) is 6.07 Å². The van der Waals surface area contributed by atoms with Gasteiger partial charge in [-0.1, -0.05) is 30.1 Å². The van der Waals surface area contributed by atoms with E-state index >= 15 is 0 Å². The van der Waals surface area contributed by atoms with Crippen molar-refractivity contribution in [1.82, 2.24) is 9.88 Å². The highest BCUT2D eigenvalue weighted by Crippen LogP contribution is 2.33. The summed E-state index contributed by atoms with van der Waals surface area (Å²) in [5.74, 6) is 1.55. The van der Waals surface area contributed by atoms with E-state index in [1.54, 1.807) is 6.07 Å². The van der Waals surface area contributed by atoms with E-state index in [2.05, 4.69) is 47.9 Å². The molecule has 4 nitrogen and oxygen atoms in total. The summed E-state index contributed by atoms with van der Waals surface area (Å²) in [6, 6.07) is 2.72. The van der Waals surface area contributed by atoms with E-state index in [-0.39, 0.29) is 0 Å². The second-order valence-electron chi connectivity index (χ2n) is 5.82. The van der Waals surface area contributed by atoms with Crippen LogP contribution in [0.4, 0.5) is 11.6 Å². The second kappa shape index (κ2) is 7.03. The summed E-state index contributed by atoms with van der Waals surface area (Å²) < 4.78 is 0. The third kappa shape index (κ3) is 3.74. The van der Waals surface area contributed by atoms with Crippen LogP contribution in [0.25, 0.3) is 0 Å². The number of aromatic nitrogens is 1. The first-order chi connectivity index (χ1) is 9.93. The summed E-state index contributed by atoms with van der Waals surface area (Å²) in [7, 11) is 2.16. The maximum atomic E-state index is 6.37. The summed E-state index contributed by atoms with van der Waals surface area (Å²) in [5.41, 5.74) is 0. The van der Waals surface area contributed by atoms with E-state index in [0.717, 1.165) is 37.7 Å². The lowest BCUT2D eigenvalue weighted by Gasteiger charge is -2.43. The fraction of sp³-hybridized carbons (Fsp3) is 0.667. The van der Waals surface area contributed by atoms with Crippen molar-refractivity contribution in [1.29, 1.82) is 0 Å². The fourth-order valence-electron chi connectivity index (χ4n) is 2.62. The van der Waals surface area contributed by atoms with E-state index in [9.17, 15) is 0 Å². The summed E-state index contributed by atoms with van der Waals surface area (Å²) in [5, 5.41) is 4.45. The topological polar surface area (TPSA) is 31.4 Å². The summed E-state index contributed by atoms with van der Waals surface area (Å²) in [6.45, 7) is 9.25. The Morgan fingerprint density at radius 2 is 1.86 bits per heavy atom. The van der Waals surface area contributed by atoms with Gasteiger partial charge in [-0.2, -0.15) is 0 Å². The van der Waals surface area contributed by atoms with Crippen molar-refractivity contribution in [2.45, 2.75) is 39.3 Å². The predicted octanol–water partition coefficient (Wildman–Crippen LogP) is 3.74. The number of hydrogen-bond acceptors (Lipinski definition) is 4. The molecule has 0 spiro atoms. The van der Waals surface area contributed by atoms with Gasteiger partial charge in [-0.3, -0.25) is 4.90 Å². The Morgan fingerprint density at radius 1 is 1.24 bits per heavy atom. The third-order valence-corrected chi connectivity index (χ3v) is 4.68. The van der Waals surface area contributed by atoms with Crippen molar-refractivity contribution >= 4 is 34.8 Å². The minimum absolute atomic E-state index is 0.467. The van der Waals surface area contributed by atoms with E-state index in [0.29, 0.717) is 22.1 Å². The van der Waals surface area contributed by atoms with Crippen LogP contribution in [-0.2, 0) is 0 Å². The Bertz CT molecular complexity index is 483. The van der Waals surface area contributed by atoms with Gasteiger partial charge in [-0.05, 0) is 33.4 Å². The molecule has 0 radical (unpaired) electrons. The molecule has 21 heavy (non-hydrogen) atoms. The first-order valence-corrected chi connectivity index (χ1v) is 8.26. The molecular formula is C15H24Cl2N4. The maximum Gasteiger partial charge on any atom is 0.150 e. The van der Waals surface area contributed by atoms with Crippen LogP contribution in [0.3, 0.4) is 0 Å². The molecule has 6 heteroatoms. The van der Waals surface area contributed by atoms with Gasteiger partial charge in [-0.15, -0.1) is 0 Å². The highest BCUT2D eigenvalue weighted by Gasteiger charge is 2.28. The molecule has 0 amide bonds. The molecule has 0 bridgehead atoms. The Balaban J connectivity index is 2.26. The molecule has 118 valence electrons. The van der Waals surface area contributed by atoms with Gasteiger partial charge in [-0.25, -0.2) is 4.98 Å². The predicted molar refractivity (Wildman–Crippen MR) is 91.9 cm³/mol. The van der Waals surface area contributed by atoms with Gasteiger partial charge in [0.1, 0.15) is 11.6 Å². The standard InChI is InChI=1S/C15H24Cl2N4/c1-5-6-18-14-12(16)7-13(17)15(19-14)21-8-10(2)20(4)11(3)9-21/h7,10-11H,5-6,8-9H2,1-4H3,(H,18,19). The summed E-state index contributed by atoms with van der Waals surface area (Å²) >= 11 is 12.6. The summed E-state index contributed by atoms with van der Waals surface area (Å²) in [4.78, 5) is 9.30. The van der Waals surface area contributed by atoms with Gasteiger partial charge < -0.3 is 10.2 Å². The van der Waals surface area contributed by atoms with E-state index in [1.165, 1.54) is 0 Å². The molecule has 2 rings (SSSR count). The van der Waals surface area contributed by atoms with Gasteiger partial charge in [0.25, 0.3) is 0 Å². The molecule has 1 fully saturated rings. The average molecular weight is 331 g/mol. The number of rotatable bonds is 4. The van der Waals surface area contributed by atoms with Crippen molar-refractivity contribution in [2.75, 3.05) is 36.9 Å². The van der Waals surface area contributed by atoms with Gasteiger partial charge in [0.15, 0.2) is 0 Å². The SMILES string of the molecule is CCCNc1nc(N2CC(C)N(C)C(C)C2)c(Cl)cc1Cl. The van der Waals surface area contributed by atoms with Crippen LogP contribution in [0.5, 0.6) is 0 Å². The van der Waals surface area contributed by atoms with E-state index in [1.807, 2.05) is 0 Å². The Hall–Kier alpha value is -0.710. The molecule has 2 unspecified atom stereocenters. The van der Waals surface area contributed by atoms with Gasteiger partial charge >= 0.3 is 0 Å². The van der Waals surface area contributed by atoms with Gasteiger partial charge in [0, 0.05) is 31.7 Å². The molecule has 1 aliphatic heterocycles. The van der Waals surface area contributed by atoms with Crippen molar-refractivity contribution in [3.63, 3.8) is 0 Å². The van der Waals surface area contributed by atoms with E-state index in [4.69, 9.17) is 23.2 Å². The molecule has 1 N–H and O–H groups in total. The van der Waals surface area contributed by atoms with Crippen molar-refractivity contribution in [3.8, 4) is 0 Å². The van der Waals surface area contributed by atoms with Gasteiger partial charge in [0.05, 0.1) is 10.0 Å². The van der Waals surface area contributed by atoms with Crippen LogP contribution in [-0.4, -0.2) is 48.6 Å². The lowest BCUT2D eigenvalue weighted by molar-refractivity contribution is 0.169. The van der Waals surface area contributed by atoms with Crippen LogP contribution in [0.2, 0.25) is 10.0 Å². The second-order valence-corrected chi connectivity index (χ2v) is 6.63. The van der Waals surface area contributed by atoms with Crippen molar-refractivity contribution < 1.29 is 0 Å². The highest BCUT2D eigenvalue weighted by molar-refractivity contribution is 6.37. The molecule has 1 saturated heterocycles. The normalized spacial score (nSPS) is 23.4. The van der Waals surface area contributed by atoms with Crippen LogP contribution >= 0.6 is 23.2 Å². The first kappa shape index (κ1) is 16.7. The highest BCUT2D eigenvalue weighted by atomic mass is 35.5. The van der Waals surface area contributed by atoms with Crippen LogP contribution in [0, 0.1) is 0 Å². The molecule has 1 aromatic rings. The Morgan fingerprint density at radius 3 is 2.43 bits per heavy atom.